The lowest BCUT2D eigenvalue weighted by Gasteiger charge is -2.10. The SMILES string of the molecule is CCCCCOc1oc2ccccc2c1-c1ccccc1OCO. The quantitative estimate of drug-likeness (QED) is 0.467. The normalized spacial score (nSPS) is 10.9. The van der Waals surface area contributed by atoms with Crippen LogP contribution >= 0.6 is 0 Å². The van der Waals surface area contributed by atoms with E-state index in [1.165, 1.54) is 0 Å². The average Bonchev–Trinajstić information content (AvgIpc) is 2.98. The lowest BCUT2D eigenvalue weighted by Crippen LogP contribution is -1.99. The Morgan fingerprint density at radius 3 is 2.58 bits per heavy atom. The van der Waals surface area contributed by atoms with E-state index in [0.717, 1.165) is 41.4 Å². The molecule has 1 aromatic heterocycles. The predicted molar refractivity (Wildman–Crippen MR) is 94.4 cm³/mol. The molecule has 0 aliphatic carbocycles. The molecule has 4 nitrogen and oxygen atoms in total. The molecule has 4 heteroatoms. The van der Waals surface area contributed by atoms with E-state index in [2.05, 4.69) is 6.92 Å². The number of hydrogen-bond donors (Lipinski definition) is 1. The number of hydrogen-bond acceptors (Lipinski definition) is 4. The van der Waals surface area contributed by atoms with Gasteiger partial charge in [-0.2, -0.15) is 0 Å². The summed E-state index contributed by atoms with van der Waals surface area (Å²) in [5, 5.41) is 10.1. The first kappa shape index (κ1) is 16.4. The molecule has 0 saturated heterocycles. The number of benzene rings is 2. The van der Waals surface area contributed by atoms with Crippen LogP contribution in [0, 0.1) is 0 Å². The fourth-order valence-corrected chi connectivity index (χ4v) is 2.77. The standard InChI is InChI=1S/C20H22O4/c1-2-3-8-13-22-20-19(16-10-5-7-12-18(16)24-20)15-9-4-6-11-17(15)23-14-21/h4-7,9-12,21H,2-3,8,13-14H2,1H3. The molecule has 3 rings (SSSR count). The molecule has 0 spiro atoms. The Balaban J connectivity index is 2.04. The van der Waals surface area contributed by atoms with Crippen LogP contribution in [-0.4, -0.2) is 18.5 Å². The van der Waals surface area contributed by atoms with Crippen LogP contribution in [0.5, 0.6) is 11.7 Å². The van der Waals surface area contributed by atoms with Gasteiger partial charge in [0.05, 0.1) is 12.2 Å². The summed E-state index contributed by atoms with van der Waals surface area (Å²) in [6.07, 6.45) is 3.26. The summed E-state index contributed by atoms with van der Waals surface area (Å²) >= 11 is 0. The van der Waals surface area contributed by atoms with Crippen molar-refractivity contribution in [3.05, 3.63) is 48.5 Å². The zero-order valence-electron chi connectivity index (χ0n) is 13.8. The first-order valence-corrected chi connectivity index (χ1v) is 8.32. The van der Waals surface area contributed by atoms with E-state index in [1.54, 1.807) is 0 Å². The fraction of sp³-hybridized carbons (Fsp3) is 0.300. The van der Waals surface area contributed by atoms with Crippen molar-refractivity contribution in [2.75, 3.05) is 13.4 Å². The van der Waals surface area contributed by atoms with Gasteiger partial charge in [0.1, 0.15) is 11.3 Å². The molecule has 0 aliphatic rings. The van der Waals surface area contributed by atoms with E-state index < -0.39 is 0 Å². The maximum absolute atomic E-state index is 9.15. The number of aliphatic hydroxyl groups excluding tert-OH is 1. The second-order valence-electron chi connectivity index (χ2n) is 5.59. The fourth-order valence-electron chi connectivity index (χ4n) is 2.77. The van der Waals surface area contributed by atoms with Crippen molar-refractivity contribution < 1.29 is 19.0 Å². The Kier molecular flexibility index (Phi) is 5.39. The minimum absolute atomic E-state index is 0.376. The van der Waals surface area contributed by atoms with Crippen LogP contribution in [-0.2, 0) is 0 Å². The third-order valence-corrected chi connectivity index (χ3v) is 3.92. The Morgan fingerprint density at radius 1 is 0.958 bits per heavy atom. The Morgan fingerprint density at radius 2 is 1.75 bits per heavy atom. The van der Waals surface area contributed by atoms with E-state index in [1.807, 2.05) is 48.5 Å². The summed E-state index contributed by atoms with van der Waals surface area (Å²) in [4.78, 5) is 0. The van der Waals surface area contributed by atoms with Crippen LogP contribution in [0.15, 0.2) is 52.9 Å². The van der Waals surface area contributed by atoms with E-state index in [9.17, 15) is 0 Å². The molecule has 2 aromatic carbocycles. The number of para-hydroxylation sites is 2. The molecule has 0 saturated carbocycles. The van der Waals surface area contributed by atoms with Gasteiger partial charge in [-0.05, 0) is 18.6 Å². The van der Waals surface area contributed by atoms with Gasteiger partial charge in [-0.1, -0.05) is 56.2 Å². The molecule has 1 heterocycles. The molecule has 0 amide bonds. The van der Waals surface area contributed by atoms with Gasteiger partial charge in [0.15, 0.2) is 6.79 Å². The van der Waals surface area contributed by atoms with Crippen molar-refractivity contribution in [2.45, 2.75) is 26.2 Å². The second-order valence-corrected chi connectivity index (χ2v) is 5.59. The van der Waals surface area contributed by atoms with Gasteiger partial charge in [0, 0.05) is 10.9 Å². The van der Waals surface area contributed by atoms with Crippen molar-refractivity contribution in [1.29, 1.82) is 0 Å². The minimum Gasteiger partial charge on any atom is -0.467 e. The Bertz CT molecular complexity index is 791. The highest BCUT2D eigenvalue weighted by molar-refractivity contribution is 5.98. The van der Waals surface area contributed by atoms with Crippen molar-refractivity contribution in [2.24, 2.45) is 0 Å². The smallest absolute Gasteiger partial charge is 0.293 e. The van der Waals surface area contributed by atoms with Gasteiger partial charge >= 0.3 is 0 Å². The van der Waals surface area contributed by atoms with E-state index >= 15 is 0 Å². The van der Waals surface area contributed by atoms with E-state index in [4.69, 9.17) is 19.0 Å². The average molecular weight is 326 g/mol. The molecular weight excluding hydrogens is 304 g/mol. The second kappa shape index (κ2) is 7.88. The summed E-state index contributed by atoms with van der Waals surface area (Å²) in [6, 6.07) is 15.4. The maximum atomic E-state index is 9.15. The Labute approximate surface area is 141 Å². The molecule has 0 atom stereocenters. The van der Waals surface area contributed by atoms with Crippen LogP contribution in [0.1, 0.15) is 26.2 Å². The van der Waals surface area contributed by atoms with Gasteiger partial charge in [0.2, 0.25) is 0 Å². The number of fused-ring (bicyclic) bond motifs is 1. The molecule has 0 unspecified atom stereocenters. The number of ether oxygens (including phenoxy) is 2. The van der Waals surface area contributed by atoms with E-state index in [0.29, 0.717) is 18.3 Å². The van der Waals surface area contributed by atoms with Gasteiger partial charge in [-0.3, -0.25) is 0 Å². The molecule has 3 aromatic rings. The summed E-state index contributed by atoms with van der Waals surface area (Å²) in [6.45, 7) is 2.40. The molecule has 126 valence electrons. The lowest BCUT2D eigenvalue weighted by molar-refractivity contribution is 0.0990. The number of rotatable bonds is 8. The van der Waals surface area contributed by atoms with Gasteiger partial charge in [-0.15, -0.1) is 0 Å². The van der Waals surface area contributed by atoms with E-state index in [-0.39, 0.29) is 6.79 Å². The highest BCUT2D eigenvalue weighted by Crippen LogP contribution is 2.43. The Hall–Kier alpha value is -2.46. The zero-order chi connectivity index (χ0) is 16.8. The molecule has 0 bridgehead atoms. The number of aliphatic hydroxyl groups is 1. The van der Waals surface area contributed by atoms with Crippen molar-refractivity contribution >= 4 is 11.0 Å². The molecular formula is C20H22O4. The minimum atomic E-state index is -0.376. The monoisotopic (exact) mass is 326 g/mol. The summed E-state index contributed by atoms with van der Waals surface area (Å²) in [7, 11) is 0. The highest BCUT2D eigenvalue weighted by atomic mass is 16.6. The van der Waals surface area contributed by atoms with Gasteiger partial charge in [-0.25, -0.2) is 0 Å². The number of furan rings is 1. The zero-order valence-corrected chi connectivity index (χ0v) is 13.8. The van der Waals surface area contributed by atoms with Crippen LogP contribution in [0.4, 0.5) is 0 Å². The van der Waals surface area contributed by atoms with Crippen LogP contribution in [0.25, 0.3) is 22.1 Å². The van der Waals surface area contributed by atoms with Gasteiger partial charge < -0.3 is 19.0 Å². The van der Waals surface area contributed by atoms with Crippen molar-refractivity contribution in [1.82, 2.24) is 0 Å². The van der Waals surface area contributed by atoms with Crippen LogP contribution in [0.3, 0.4) is 0 Å². The summed E-state index contributed by atoms with van der Waals surface area (Å²) < 4.78 is 17.2. The molecule has 0 aliphatic heterocycles. The first-order valence-electron chi connectivity index (χ1n) is 8.32. The first-order chi connectivity index (χ1) is 11.8. The third kappa shape index (κ3) is 3.39. The van der Waals surface area contributed by atoms with Crippen molar-refractivity contribution in [3.8, 4) is 22.8 Å². The highest BCUT2D eigenvalue weighted by Gasteiger charge is 2.20. The lowest BCUT2D eigenvalue weighted by atomic mass is 10.0. The predicted octanol–water partition coefficient (Wildman–Crippen LogP) is 5.00. The topological polar surface area (TPSA) is 51.8 Å². The largest absolute Gasteiger partial charge is 0.467 e. The number of unbranched alkanes of at least 4 members (excludes halogenated alkanes) is 2. The molecule has 0 fully saturated rings. The van der Waals surface area contributed by atoms with Crippen molar-refractivity contribution in [3.63, 3.8) is 0 Å². The molecule has 0 radical (unpaired) electrons. The van der Waals surface area contributed by atoms with Crippen LogP contribution < -0.4 is 9.47 Å². The van der Waals surface area contributed by atoms with Gasteiger partial charge in [0.25, 0.3) is 5.95 Å². The molecule has 1 N–H and O–H groups in total. The summed E-state index contributed by atoms with van der Waals surface area (Å²) in [5.41, 5.74) is 2.49. The maximum Gasteiger partial charge on any atom is 0.293 e. The third-order valence-electron chi connectivity index (χ3n) is 3.92. The van der Waals surface area contributed by atoms with Crippen LogP contribution in [0.2, 0.25) is 0 Å². The molecule has 24 heavy (non-hydrogen) atoms. The summed E-state index contributed by atoms with van der Waals surface area (Å²) in [5.74, 6) is 1.10.